The molecule has 2 aromatic rings. The monoisotopic (exact) mass is 236 g/mol. The Hall–Kier alpha value is -2.09. The lowest BCUT2D eigenvalue weighted by Gasteiger charge is -1.94. The Labute approximate surface area is 107 Å². The van der Waals surface area contributed by atoms with Crippen LogP contribution in [0.4, 0.5) is 11.4 Å². The molecule has 90 valence electrons. The third-order valence-electron chi connectivity index (χ3n) is 3.26. The zero-order chi connectivity index (χ0) is 12.2. The van der Waals surface area contributed by atoms with E-state index in [2.05, 4.69) is 40.6 Å². The van der Waals surface area contributed by atoms with Gasteiger partial charge < -0.3 is 5.32 Å². The second kappa shape index (κ2) is 5.05. The molecule has 0 amide bonds. The molecule has 1 N–H and O–H groups in total. The maximum absolute atomic E-state index is 4.17. The highest BCUT2D eigenvalue weighted by atomic mass is 14.9. The molecule has 0 aliphatic carbocycles. The zero-order valence-corrected chi connectivity index (χ0v) is 10.3. The van der Waals surface area contributed by atoms with E-state index in [-0.39, 0.29) is 0 Å². The molecule has 0 aromatic heterocycles. The van der Waals surface area contributed by atoms with Crippen LogP contribution in [0.25, 0.3) is 0 Å². The first kappa shape index (κ1) is 11.0. The number of benzene rings is 2. The first-order valence-electron chi connectivity index (χ1n) is 6.36. The smallest absolute Gasteiger partial charge is 0.0661 e. The normalized spacial score (nSPS) is 14.2. The molecule has 0 spiro atoms. The van der Waals surface area contributed by atoms with Crippen LogP contribution in [0.5, 0.6) is 0 Å². The highest BCUT2D eigenvalue weighted by Crippen LogP contribution is 2.22. The van der Waals surface area contributed by atoms with Gasteiger partial charge >= 0.3 is 0 Å². The molecule has 0 fully saturated rings. The Morgan fingerprint density at radius 2 is 1.67 bits per heavy atom. The average Bonchev–Trinajstić information content (AvgIpc) is 3.08. The minimum Gasteiger partial charge on any atom is -0.384 e. The van der Waals surface area contributed by atoms with Gasteiger partial charge in [-0.2, -0.15) is 0 Å². The van der Waals surface area contributed by atoms with Crippen molar-refractivity contribution in [3.63, 3.8) is 0 Å². The molecule has 2 aliphatic rings. The number of nitrogens with one attached hydrogen (secondary N) is 1. The van der Waals surface area contributed by atoms with Crippen LogP contribution >= 0.6 is 0 Å². The van der Waals surface area contributed by atoms with Gasteiger partial charge in [0.2, 0.25) is 0 Å². The number of para-hydroxylation sites is 2. The predicted molar refractivity (Wildman–Crippen MR) is 76.9 cm³/mol. The Morgan fingerprint density at radius 1 is 0.889 bits per heavy atom. The van der Waals surface area contributed by atoms with E-state index in [0.29, 0.717) is 0 Å². The van der Waals surface area contributed by atoms with Gasteiger partial charge in [0.25, 0.3) is 0 Å². The van der Waals surface area contributed by atoms with Crippen molar-refractivity contribution in [3.8, 4) is 0 Å². The Morgan fingerprint density at radius 3 is 2.50 bits per heavy atom. The van der Waals surface area contributed by atoms with Crippen molar-refractivity contribution in [1.29, 1.82) is 0 Å². The van der Waals surface area contributed by atoms with E-state index in [1.165, 1.54) is 23.2 Å². The molecule has 0 radical (unpaired) electrons. The van der Waals surface area contributed by atoms with Crippen molar-refractivity contribution in [2.45, 2.75) is 12.8 Å². The van der Waals surface area contributed by atoms with Gasteiger partial charge in [0.15, 0.2) is 0 Å². The molecule has 0 unspecified atom stereocenters. The first-order valence-corrected chi connectivity index (χ1v) is 6.36. The molecule has 18 heavy (non-hydrogen) atoms. The molecule has 2 heterocycles. The fraction of sp³-hybridized carbons (Fsp3) is 0.188. The molecule has 2 nitrogen and oxygen atoms in total. The highest BCUT2D eigenvalue weighted by molar-refractivity contribution is 5.75. The van der Waals surface area contributed by atoms with E-state index in [1.54, 1.807) is 0 Å². The largest absolute Gasteiger partial charge is 0.384 e. The summed E-state index contributed by atoms with van der Waals surface area (Å²) in [6.45, 7) is 1.11. The summed E-state index contributed by atoms with van der Waals surface area (Å²) in [5.74, 6) is 0. The van der Waals surface area contributed by atoms with Crippen molar-refractivity contribution in [1.82, 2.24) is 0 Å². The Kier molecular flexibility index (Phi) is 3.09. The second-order valence-corrected chi connectivity index (χ2v) is 4.48. The fourth-order valence-corrected chi connectivity index (χ4v) is 2.29. The van der Waals surface area contributed by atoms with Gasteiger partial charge in [0, 0.05) is 24.9 Å². The highest BCUT2D eigenvalue weighted by Gasteiger charge is 2.06. The molecule has 0 bridgehead atoms. The molecule has 4 rings (SSSR count). The average molecular weight is 236 g/mol. The maximum Gasteiger partial charge on any atom is 0.0661 e. The van der Waals surface area contributed by atoms with Crippen LogP contribution in [0, 0.1) is 0 Å². The number of nitrogens with zero attached hydrogens (tertiary/aromatic N) is 1. The summed E-state index contributed by atoms with van der Waals surface area (Å²) in [5.41, 5.74) is 5.25. The lowest BCUT2D eigenvalue weighted by molar-refractivity contribution is 1.11. The van der Waals surface area contributed by atoms with Crippen LogP contribution in [-0.2, 0) is 12.8 Å². The quantitative estimate of drug-likeness (QED) is 0.742. The van der Waals surface area contributed by atoms with Gasteiger partial charge in [-0.25, -0.2) is 0 Å². The minimum absolute atomic E-state index is 1.01. The van der Waals surface area contributed by atoms with Crippen LogP contribution < -0.4 is 5.32 Å². The summed E-state index contributed by atoms with van der Waals surface area (Å²) < 4.78 is 0. The van der Waals surface area contributed by atoms with E-state index in [9.17, 15) is 0 Å². The van der Waals surface area contributed by atoms with Crippen LogP contribution in [0.2, 0.25) is 0 Å². The van der Waals surface area contributed by atoms with Crippen molar-refractivity contribution >= 4 is 17.6 Å². The van der Waals surface area contributed by atoms with Crippen molar-refractivity contribution < 1.29 is 0 Å². The SMILES string of the molecule is C1=Nc2ccccc2C1.c1ccc2c(c1)CCN2. The van der Waals surface area contributed by atoms with Crippen molar-refractivity contribution in [2.24, 2.45) is 4.99 Å². The Bertz CT molecular complexity index is 542. The van der Waals surface area contributed by atoms with Gasteiger partial charge in [-0.05, 0) is 29.7 Å². The Balaban J connectivity index is 0.000000111. The second-order valence-electron chi connectivity index (χ2n) is 4.48. The van der Waals surface area contributed by atoms with Gasteiger partial charge in [0.05, 0.1) is 5.69 Å². The van der Waals surface area contributed by atoms with Crippen LogP contribution in [0.1, 0.15) is 11.1 Å². The standard InChI is InChI=1S/C8H9N.C8H7N/c2*1-2-4-8-7(3-1)5-6-9-8/h1-4,9H,5-6H2;1-4,6H,5H2. The van der Waals surface area contributed by atoms with Gasteiger partial charge in [-0.3, -0.25) is 4.99 Å². The van der Waals surface area contributed by atoms with E-state index < -0.39 is 0 Å². The van der Waals surface area contributed by atoms with E-state index in [0.717, 1.165) is 18.7 Å². The minimum atomic E-state index is 1.01. The zero-order valence-electron chi connectivity index (χ0n) is 10.3. The summed E-state index contributed by atoms with van der Waals surface area (Å²) in [7, 11) is 0. The summed E-state index contributed by atoms with van der Waals surface area (Å²) in [6.07, 6.45) is 4.15. The number of hydrogen-bond donors (Lipinski definition) is 1. The van der Waals surface area contributed by atoms with Gasteiger partial charge in [-0.1, -0.05) is 36.4 Å². The molecule has 2 heteroatoms. The van der Waals surface area contributed by atoms with Crippen LogP contribution in [0.15, 0.2) is 53.5 Å². The summed E-state index contributed by atoms with van der Waals surface area (Å²) >= 11 is 0. The van der Waals surface area contributed by atoms with Crippen molar-refractivity contribution in [2.75, 3.05) is 11.9 Å². The molecule has 2 aromatic carbocycles. The fourth-order valence-electron chi connectivity index (χ4n) is 2.29. The van der Waals surface area contributed by atoms with Gasteiger partial charge in [-0.15, -0.1) is 0 Å². The first-order chi connectivity index (χ1) is 8.93. The number of anilines is 1. The van der Waals surface area contributed by atoms with E-state index >= 15 is 0 Å². The summed E-state index contributed by atoms with van der Waals surface area (Å²) in [4.78, 5) is 4.17. The van der Waals surface area contributed by atoms with Crippen LogP contribution in [0.3, 0.4) is 0 Å². The number of aliphatic imine (C=N–C) groups is 1. The van der Waals surface area contributed by atoms with Gasteiger partial charge in [0.1, 0.15) is 0 Å². The lowest BCUT2D eigenvalue weighted by atomic mass is 10.2. The molecular formula is C16H16N2. The number of fused-ring (bicyclic) bond motifs is 2. The lowest BCUT2D eigenvalue weighted by Crippen LogP contribution is -1.90. The van der Waals surface area contributed by atoms with E-state index in [4.69, 9.17) is 0 Å². The molecule has 2 aliphatic heterocycles. The third-order valence-corrected chi connectivity index (χ3v) is 3.26. The van der Waals surface area contributed by atoms with E-state index in [1.807, 2.05) is 24.4 Å². The number of hydrogen-bond acceptors (Lipinski definition) is 2. The third kappa shape index (κ3) is 2.28. The summed E-state index contributed by atoms with van der Waals surface area (Å²) in [6, 6.07) is 16.7. The predicted octanol–water partition coefficient (Wildman–Crippen LogP) is 3.60. The van der Waals surface area contributed by atoms with Crippen molar-refractivity contribution in [3.05, 3.63) is 59.7 Å². The molecule has 0 atom stereocenters. The molecule has 0 saturated carbocycles. The summed E-state index contributed by atoms with van der Waals surface area (Å²) in [5, 5.41) is 3.30. The number of rotatable bonds is 0. The molecular weight excluding hydrogens is 220 g/mol. The molecule has 0 saturated heterocycles. The maximum atomic E-state index is 4.17. The topological polar surface area (TPSA) is 24.4 Å². The van der Waals surface area contributed by atoms with Crippen LogP contribution in [-0.4, -0.2) is 12.8 Å².